The van der Waals surface area contributed by atoms with E-state index in [0.29, 0.717) is 0 Å². The van der Waals surface area contributed by atoms with Gasteiger partial charge in [0.1, 0.15) is 20.2 Å². The number of ether oxygens (including phenoxy) is 4. The van der Waals surface area contributed by atoms with E-state index in [-0.39, 0.29) is 86.0 Å². The van der Waals surface area contributed by atoms with E-state index in [4.69, 9.17) is 18.9 Å². The van der Waals surface area contributed by atoms with Crippen LogP contribution in [0.2, 0.25) is 0 Å². The maximum atomic E-state index is 12.4. The van der Waals surface area contributed by atoms with Gasteiger partial charge in [0.25, 0.3) is 0 Å². The van der Waals surface area contributed by atoms with Crippen LogP contribution in [0.4, 0.5) is 0 Å². The van der Waals surface area contributed by atoms with Crippen molar-refractivity contribution in [2.45, 2.75) is 193 Å². The van der Waals surface area contributed by atoms with Crippen LogP contribution in [0.1, 0.15) is 223 Å². The average Bonchev–Trinajstić information content (AvgIpc) is 3.27. The second kappa shape index (κ2) is 37.4. The molecule has 0 radical (unpaired) electrons. The second-order valence-electron chi connectivity index (χ2n) is 15.9. The van der Waals surface area contributed by atoms with E-state index >= 15 is 0 Å². The molecule has 2 atom stereocenters. The third kappa shape index (κ3) is 28.4. The molecule has 14 nitrogen and oxygen atoms in total. The van der Waals surface area contributed by atoms with Crippen LogP contribution in [0.3, 0.4) is 0 Å². The van der Waals surface area contributed by atoms with Crippen LogP contribution in [0.25, 0.3) is 0 Å². The smallest absolute Gasteiger partial charge is 0.745 e. The average molecular weight is 979 g/mol. The van der Waals surface area contributed by atoms with Crippen molar-refractivity contribution >= 4 is 81.9 Å². The van der Waals surface area contributed by atoms with E-state index in [0.717, 1.165) is 38.5 Å². The monoisotopic (exact) mass is 978 g/mol. The molecule has 0 saturated heterocycles. The van der Waals surface area contributed by atoms with Crippen molar-refractivity contribution in [2.24, 2.45) is 0 Å². The number of unbranched alkanes of at least 4 members (excludes halogenated alkanes) is 20. The Hall–Kier alpha value is -2.60. The Morgan fingerprint density at radius 1 is 0.415 bits per heavy atom. The maximum Gasteiger partial charge on any atom is 2.00 e. The fourth-order valence-corrected chi connectivity index (χ4v) is 7.98. The van der Waals surface area contributed by atoms with Gasteiger partial charge in [-0.05, 0) is 49.9 Å². The molecule has 0 heterocycles. The van der Waals surface area contributed by atoms with Gasteiger partial charge in [-0.3, -0.25) is 0 Å². The van der Waals surface area contributed by atoms with E-state index in [2.05, 4.69) is 13.8 Å². The third-order valence-corrected chi connectivity index (χ3v) is 12.6. The number of esters is 4. The van der Waals surface area contributed by atoms with Crippen molar-refractivity contribution in [3.63, 3.8) is 0 Å². The summed E-state index contributed by atoms with van der Waals surface area (Å²) in [6, 6.07) is 11.7. The Balaban J connectivity index is 0.00000124. The van der Waals surface area contributed by atoms with Gasteiger partial charge in [-0.1, -0.05) is 180 Å². The minimum atomic E-state index is -4.80. The fraction of sp³-hybridized carbons (Fsp3) is 0.667. The predicted molar refractivity (Wildman–Crippen MR) is 251 cm³/mol. The zero-order valence-corrected chi connectivity index (χ0v) is 43.2. The topological polar surface area (TPSA) is 220 Å². The fourth-order valence-electron chi connectivity index (χ4n) is 6.75. The van der Waals surface area contributed by atoms with Crippen molar-refractivity contribution in [3.8, 4) is 0 Å². The van der Waals surface area contributed by atoms with Gasteiger partial charge in [-0.25, -0.2) is 36.0 Å². The van der Waals surface area contributed by atoms with Crippen LogP contribution in [-0.4, -0.2) is 112 Å². The molecule has 2 aromatic rings. The Kier molecular flexibility index (Phi) is 35.9. The molecule has 0 amide bonds. The molecule has 65 heavy (non-hydrogen) atoms. The quantitative estimate of drug-likeness (QED) is 0.0209. The molecule has 17 heteroatoms. The van der Waals surface area contributed by atoms with Crippen LogP contribution in [-0.2, 0) is 39.2 Å². The van der Waals surface area contributed by atoms with E-state index in [1.54, 1.807) is 12.1 Å². The number of rotatable bonds is 34. The first kappa shape index (κ1) is 62.4. The Morgan fingerprint density at radius 2 is 0.646 bits per heavy atom. The molecule has 0 spiro atoms. The van der Waals surface area contributed by atoms with Crippen molar-refractivity contribution in [2.75, 3.05) is 13.2 Å². The van der Waals surface area contributed by atoms with Gasteiger partial charge in [0.15, 0.2) is 10.9 Å². The molecule has 2 rings (SSSR count). The summed E-state index contributed by atoms with van der Waals surface area (Å²) in [5.74, 6) is -3.44. The maximum absolute atomic E-state index is 12.4. The molecule has 0 saturated carbocycles. The number of hydrogen-bond acceptors (Lipinski definition) is 14. The van der Waals surface area contributed by atoms with Gasteiger partial charge in [0.05, 0.1) is 35.5 Å². The van der Waals surface area contributed by atoms with Gasteiger partial charge in [0, 0.05) is 0 Å². The zero-order chi connectivity index (χ0) is 47.6. The summed E-state index contributed by atoms with van der Waals surface area (Å²) < 4.78 is 87.1. The Morgan fingerprint density at radius 3 is 0.877 bits per heavy atom. The molecular weight excluding hydrogens is 905 g/mol. The molecule has 0 aliphatic rings. The normalized spacial score (nSPS) is 12.2. The van der Waals surface area contributed by atoms with Crippen molar-refractivity contribution < 1.29 is 64.1 Å². The van der Waals surface area contributed by atoms with E-state index < -0.39 is 55.0 Å². The van der Waals surface area contributed by atoms with Crippen molar-refractivity contribution in [1.82, 2.24) is 0 Å². The second-order valence-corrected chi connectivity index (χ2v) is 18.9. The summed E-state index contributed by atoms with van der Waals surface area (Å²) >= 11 is 0. The molecule has 0 aliphatic heterocycles. The number of carbonyl (C=O) groups is 4. The van der Waals surface area contributed by atoms with Crippen LogP contribution < -0.4 is 0 Å². The van der Waals surface area contributed by atoms with Crippen LogP contribution >= 0.6 is 0 Å². The summed E-state index contributed by atoms with van der Waals surface area (Å²) in [5.41, 5.74) is -3.87. The van der Waals surface area contributed by atoms with E-state index in [1.807, 2.05) is 0 Å². The van der Waals surface area contributed by atoms with Crippen LogP contribution in [0.5, 0.6) is 0 Å². The van der Waals surface area contributed by atoms with Gasteiger partial charge in [0.2, 0.25) is 0 Å². The summed E-state index contributed by atoms with van der Waals surface area (Å²) in [4.78, 5) is 49.4. The Bertz CT molecular complexity index is 1720. The van der Waals surface area contributed by atoms with Crippen molar-refractivity contribution in [3.05, 3.63) is 70.8 Å². The Labute approximate surface area is 419 Å². The minimum absolute atomic E-state index is 0. The van der Waals surface area contributed by atoms with E-state index in [1.165, 1.54) is 153 Å². The van der Waals surface area contributed by atoms with Gasteiger partial charge in [-0.2, -0.15) is 0 Å². The molecule has 364 valence electrons. The first-order chi connectivity index (χ1) is 30.6. The standard InChI is InChI=1S/2C24H38O7S.Ca/c2*1-3-5-6-7-8-9-10-11-12-13-16-19-30-23(25)20-17-14-15-18-21(20)24(26)31-22(4-2)32(27,28)29;/h2*14-15,17-18,22H,3-13,16,19H2,1-2H3,(H,27,28,29);/q;;+2/p-2. The molecule has 2 unspecified atom stereocenters. The first-order valence-corrected chi connectivity index (χ1v) is 26.4. The predicted octanol–water partition coefficient (Wildman–Crippen LogP) is 10.8. The molecule has 0 aliphatic carbocycles. The molecule has 2 aromatic carbocycles. The summed E-state index contributed by atoms with van der Waals surface area (Å²) in [5, 5.41) is 0. The largest absolute Gasteiger partial charge is 2.00 e. The van der Waals surface area contributed by atoms with Gasteiger partial charge >= 0.3 is 61.6 Å². The zero-order valence-electron chi connectivity index (χ0n) is 39.4. The van der Waals surface area contributed by atoms with Crippen molar-refractivity contribution in [1.29, 1.82) is 0 Å². The van der Waals surface area contributed by atoms with E-state index in [9.17, 15) is 45.1 Å². The summed E-state index contributed by atoms with van der Waals surface area (Å²) in [6.45, 7) is 7.76. The van der Waals surface area contributed by atoms with Gasteiger partial charge in [-0.15, -0.1) is 0 Å². The minimum Gasteiger partial charge on any atom is -0.745 e. The first-order valence-electron chi connectivity index (χ1n) is 23.5. The van der Waals surface area contributed by atoms with Crippen LogP contribution in [0, 0.1) is 0 Å². The van der Waals surface area contributed by atoms with Crippen LogP contribution in [0.15, 0.2) is 48.5 Å². The molecule has 0 fully saturated rings. The molecule has 0 bridgehead atoms. The molecular formula is C48H74CaO14S2. The third-order valence-electron chi connectivity index (χ3n) is 10.5. The molecule has 0 aromatic heterocycles. The number of benzene rings is 2. The number of carbonyl (C=O) groups excluding carboxylic acids is 4. The van der Waals surface area contributed by atoms with Gasteiger partial charge < -0.3 is 28.1 Å². The SMILES string of the molecule is CCCCCCCCCCCCCOC(=O)c1ccccc1C(=O)OC(CC)S(=O)(=O)[O-].CCCCCCCCCCCCCOC(=O)c1ccccc1C(=O)OC(CC)S(=O)(=O)[O-].[Ca+2]. The number of hydrogen-bond donors (Lipinski definition) is 0. The summed E-state index contributed by atoms with van der Waals surface area (Å²) in [6.07, 6.45) is 25.7. The molecule has 0 N–H and O–H groups in total. The summed E-state index contributed by atoms with van der Waals surface area (Å²) in [7, 11) is -9.59.